The van der Waals surface area contributed by atoms with Gasteiger partial charge in [-0.15, -0.1) is 0 Å². The number of hydrogen-bond acceptors (Lipinski definition) is 1. The molecule has 17 heavy (non-hydrogen) atoms. The molecule has 0 aliphatic rings. The first-order valence-electron chi connectivity index (χ1n) is 5.56. The molecule has 0 bridgehead atoms. The highest BCUT2D eigenvalue weighted by Crippen LogP contribution is 2.35. The molecule has 0 amide bonds. The summed E-state index contributed by atoms with van der Waals surface area (Å²) in [6.45, 7) is 2.68. The Bertz CT molecular complexity index is 570. The van der Waals surface area contributed by atoms with E-state index in [1.807, 2.05) is 31.3 Å². The highest BCUT2D eigenvalue weighted by atomic mass is 31.2. The van der Waals surface area contributed by atoms with Crippen molar-refractivity contribution >= 4 is 18.5 Å². The van der Waals surface area contributed by atoms with Crippen LogP contribution >= 0.6 is 7.60 Å². The summed E-state index contributed by atoms with van der Waals surface area (Å²) in [7, 11) is -3.87. The SMILES string of the molecule is Cc1cn(CCCP(=O)(O)O)c2ccccc12. The molecule has 1 aromatic heterocycles. The van der Waals surface area contributed by atoms with Crippen molar-refractivity contribution in [2.24, 2.45) is 0 Å². The maximum atomic E-state index is 10.8. The summed E-state index contributed by atoms with van der Waals surface area (Å²) in [5, 5.41) is 1.20. The van der Waals surface area contributed by atoms with Crippen LogP contribution in [-0.2, 0) is 11.1 Å². The predicted octanol–water partition coefficient (Wildman–Crippen LogP) is 2.52. The summed E-state index contributed by atoms with van der Waals surface area (Å²) in [5.74, 6) is 0. The summed E-state index contributed by atoms with van der Waals surface area (Å²) in [6, 6.07) is 8.06. The Morgan fingerprint density at radius 1 is 1.29 bits per heavy atom. The summed E-state index contributed by atoms with van der Waals surface area (Å²) >= 11 is 0. The Morgan fingerprint density at radius 2 is 2.00 bits per heavy atom. The Kier molecular flexibility index (Phi) is 3.38. The van der Waals surface area contributed by atoms with Gasteiger partial charge in [-0.05, 0) is 25.0 Å². The fourth-order valence-corrected chi connectivity index (χ4v) is 2.62. The molecule has 1 heterocycles. The van der Waals surface area contributed by atoms with Crippen molar-refractivity contribution in [3.8, 4) is 0 Å². The lowest BCUT2D eigenvalue weighted by Gasteiger charge is -2.06. The second-order valence-electron chi connectivity index (χ2n) is 4.26. The van der Waals surface area contributed by atoms with Crippen LogP contribution in [0.15, 0.2) is 30.5 Å². The molecule has 0 aliphatic heterocycles. The van der Waals surface area contributed by atoms with Crippen LogP contribution in [0.5, 0.6) is 0 Å². The van der Waals surface area contributed by atoms with E-state index in [0.717, 1.165) is 5.52 Å². The van der Waals surface area contributed by atoms with Crippen LogP contribution in [0.1, 0.15) is 12.0 Å². The largest absolute Gasteiger partial charge is 0.347 e. The average molecular weight is 253 g/mol. The number of benzene rings is 1. The number of rotatable bonds is 4. The highest BCUT2D eigenvalue weighted by molar-refractivity contribution is 7.51. The van der Waals surface area contributed by atoms with Gasteiger partial charge in [-0.2, -0.15) is 0 Å². The minimum Gasteiger partial charge on any atom is -0.347 e. The Labute approximate surface area is 100 Å². The van der Waals surface area contributed by atoms with E-state index in [-0.39, 0.29) is 6.16 Å². The van der Waals surface area contributed by atoms with Crippen LogP contribution in [0.2, 0.25) is 0 Å². The van der Waals surface area contributed by atoms with E-state index in [1.165, 1.54) is 10.9 Å². The van der Waals surface area contributed by atoms with E-state index in [1.54, 1.807) is 0 Å². The molecule has 0 radical (unpaired) electrons. The Hall–Kier alpha value is -1.09. The van der Waals surface area contributed by atoms with E-state index in [9.17, 15) is 4.57 Å². The quantitative estimate of drug-likeness (QED) is 0.823. The monoisotopic (exact) mass is 253 g/mol. The van der Waals surface area contributed by atoms with Gasteiger partial charge in [-0.25, -0.2) is 0 Å². The van der Waals surface area contributed by atoms with Crippen LogP contribution in [0.3, 0.4) is 0 Å². The lowest BCUT2D eigenvalue weighted by atomic mass is 10.2. The van der Waals surface area contributed by atoms with Gasteiger partial charge in [0.05, 0.1) is 6.16 Å². The number of fused-ring (bicyclic) bond motifs is 1. The zero-order chi connectivity index (χ0) is 12.5. The summed E-state index contributed by atoms with van der Waals surface area (Å²) in [4.78, 5) is 17.6. The van der Waals surface area contributed by atoms with E-state index in [4.69, 9.17) is 9.79 Å². The van der Waals surface area contributed by atoms with E-state index in [0.29, 0.717) is 13.0 Å². The van der Waals surface area contributed by atoms with Crippen molar-refractivity contribution in [3.05, 3.63) is 36.0 Å². The molecule has 0 spiro atoms. The molecule has 0 fully saturated rings. The number of hydrogen-bond donors (Lipinski definition) is 2. The Morgan fingerprint density at radius 3 is 2.71 bits per heavy atom. The molecule has 2 N–H and O–H groups in total. The third-order valence-electron chi connectivity index (χ3n) is 2.84. The van der Waals surface area contributed by atoms with Gasteiger partial charge >= 0.3 is 7.60 Å². The first kappa shape index (κ1) is 12.4. The maximum absolute atomic E-state index is 10.8. The van der Waals surface area contributed by atoms with E-state index < -0.39 is 7.60 Å². The highest BCUT2D eigenvalue weighted by Gasteiger charge is 2.12. The molecule has 0 atom stereocenters. The molecule has 92 valence electrons. The second kappa shape index (κ2) is 4.65. The van der Waals surface area contributed by atoms with Crippen LogP contribution in [-0.4, -0.2) is 20.5 Å². The molecular formula is C12H16NO3P. The zero-order valence-electron chi connectivity index (χ0n) is 9.71. The van der Waals surface area contributed by atoms with Crippen molar-refractivity contribution in [2.45, 2.75) is 19.9 Å². The van der Waals surface area contributed by atoms with E-state index in [2.05, 4.69) is 10.6 Å². The minimum absolute atomic E-state index is 0.0570. The molecule has 0 aliphatic carbocycles. The molecule has 0 saturated heterocycles. The van der Waals surface area contributed by atoms with Crippen molar-refractivity contribution in [3.63, 3.8) is 0 Å². The molecule has 0 unspecified atom stereocenters. The summed E-state index contributed by atoms with van der Waals surface area (Å²) in [5.41, 5.74) is 2.31. The maximum Gasteiger partial charge on any atom is 0.325 e. The third-order valence-corrected chi connectivity index (χ3v) is 3.74. The van der Waals surface area contributed by atoms with Gasteiger partial charge in [0.15, 0.2) is 0 Å². The van der Waals surface area contributed by atoms with Crippen molar-refractivity contribution in [1.82, 2.24) is 4.57 Å². The number of aromatic nitrogens is 1. The molecule has 5 heteroatoms. The number of aryl methyl sites for hydroxylation is 2. The molecular weight excluding hydrogens is 237 g/mol. The fraction of sp³-hybridized carbons (Fsp3) is 0.333. The van der Waals surface area contributed by atoms with Crippen molar-refractivity contribution in [1.29, 1.82) is 0 Å². The van der Waals surface area contributed by atoms with Gasteiger partial charge in [0.2, 0.25) is 0 Å². The van der Waals surface area contributed by atoms with Crippen LogP contribution < -0.4 is 0 Å². The first-order chi connectivity index (χ1) is 7.97. The standard InChI is InChI=1S/C12H16NO3P/c1-10-9-13(7-4-8-17(14,15)16)12-6-3-2-5-11(10)12/h2-3,5-6,9H,4,7-8H2,1H3,(H2,14,15,16). The number of para-hydroxylation sites is 1. The van der Waals surface area contributed by atoms with Crippen LogP contribution in [0.25, 0.3) is 10.9 Å². The molecule has 2 rings (SSSR count). The molecule has 0 saturated carbocycles. The third kappa shape index (κ3) is 2.97. The van der Waals surface area contributed by atoms with Gasteiger partial charge in [0.25, 0.3) is 0 Å². The van der Waals surface area contributed by atoms with Crippen LogP contribution in [0, 0.1) is 6.92 Å². The van der Waals surface area contributed by atoms with Crippen molar-refractivity contribution in [2.75, 3.05) is 6.16 Å². The van der Waals surface area contributed by atoms with Gasteiger partial charge in [0, 0.05) is 23.6 Å². The second-order valence-corrected chi connectivity index (χ2v) is 6.04. The smallest absolute Gasteiger partial charge is 0.325 e. The topological polar surface area (TPSA) is 62.5 Å². The molecule has 1 aromatic carbocycles. The lowest BCUT2D eigenvalue weighted by molar-refractivity contribution is 0.370. The molecule has 2 aromatic rings. The normalized spacial score (nSPS) is 12.2. The van der Waals surface area contributed by atoms with Crippen molar-refractivity contribution < 1.29 is 14.4 Å². The Balaban J connectivity index is 2.17. The van der Waals surface area contributed by atoms with Gasteiger partial charge < -0.3 is 14.4 Å². The number of nitrogens with zero attached hydrogens (tertiary/aromatic N) is 1. The van der Waals surface area contributed by atoms with E-state index >= 15 is 0 Å². The average Bonchev–Trinajstić information content (AvgIpc) is 2.55. The lowest BCUT2D eigenvalue weighted by Crippen LogP contribution is -1.99. The van der Waals surface area contributed by atoms with Crippen LogP contribution in [0.4, 0.5) is 0 Å². The summed E-state index contributed by atoms with van der Waals surface area (Å²) in [6.07, 6.45) is 2.46. The summed E-state index contributed by atoms with van der Waals surface area (Å²) < 4.78 is 12.8. The first-order valence-corrected chi connectivity index (χ1v) is 7.36. The van der Waals surface area contributed by atoms with Gasteiger partial charge in [-0.3, -0.25) is 4.57 Å². The zero-order valence-corrected chi connectivity index (χ0v) is 10.6. The predicted molar refractivity (Wildman–Crippen MR) is 68.2 cm³/mol. The van der Waals surface area contributed by atoms with Gasteiger partial charge in [-0.1, -0.05) is 18.2 Å². The van der Waals surface area contributed by atoms with Gasteiger partial charge in [0.1, 0.15) is 0 Å². The fourth-order valence-electron chi connectivity index (χ4n) is 2.06. The minimum atomic E-state index is -3.87. The molecule has 4 nitrogen and oxygen atoms in total.